The zero-order chi connectivity index (χ0) is 19.7. The van der Waals surface area contributed by atoms with Crippen LogP contribution >= 0.6 is 11.6 Å². The number of alkyl halides is 3. The number of anilines is 1. The molecule has 0 spiro atoms. The smallest absolute Gasteiger partial charge is 0.380 e. The second-order valence-corrected chi connectivity index (χ2v) is 7.74. The Morgan fingerprint density at radius 1 is 1.48 bits per heavy atom. The van der Waals surface area contributed by atoms with Crippen LogP contribution in [0.25, 0.3) is 0 Å². The third kappa shape index (κ3) is 4.76. The monoisotopic (exact) mass is 405 g/mol. The largest absolute Gasteiger partial charge is 0.417 e. The summed E-state index contributed by atoms with van der Waals surface area (Å²) in [6.45, 7) is 5.60. The zero-order valence-corrected chi connectivity index (χ0v) is 16.0. The molecule has 10 heteroatoms. The van der Waals surface area contributed by atoms with Crippen LogP contribution < -0.4 is 15.5 Å². The van der Waals surface area contributed by atoms with Crippen LogP contribution in [0.2, 0.25) is 5.02 Å². The van der Waals surface area contributed by atoms with E-state index in [1.807, 2.05) is 4.90 Å². The predicted octanol–water partition coefficient (Wildman–Crippen LogP) is 2.53. The fourth-order valence-corrected chi connectivity index (χ4v) is 3.41. The lowest BCUT2D eigenvalue weighted by atomic mass is 9.89. The highest BCUT2D eigenvalue weighted by atomic mass is 35.5. The number of ether oxygens (including phenoxy) is 1. The Kier molecular flexibility index (Phi) is 5.71. The topological polar surface area (TPSA) is 61.8 Å². The molecule has 150 valence electrons. The quantitative estimate of drug-likeness (QED) is 0.595. The van der Waals surface area contributed by atoms with Gasteiger partial charge in [0, 0.05) is 44.3 Å². The SMILES string of the molecule is CN=C(NCC1(C)COC1)NC1CCN(c2ncc(C(F)(F)F)cc2Cl)C1. The van der Waals surface area contributed by atoms with Crippen molar-refractivity contribution in [2.24, 2.45) is 10.4 Å². The number of rotatable bonds is 4. The van der Waals surface area contributed by atoms with Crippen LogP contribution in [0.5, 0.6) is 0 Å². The first-order valence-corrected chi connectivity index (χ1v) is 9.11. The summed E-state index contributed by atoms with van der Waals surface area (Å²) in [5, 5.41) is 6.65. The zero-order valence-electron chi connectivity index (χ0n) is 15.2. The second-order valence-electron chi connectivity index (χ2n) is 7.33. The average molecular weight is 406 g/mol. The summed E-state index contributed by atoms with van der Waals surface area (Å²) in [5.41, 5.74) is -0.722. The Labute approximate surface area is 161 Å². The first-order chi connectivity index (χ1) is 12.7. The molecule has 1 unspecified atom stereocenters. The van der Waals surface area contributed by atoms with Crippen LogP contribution in [-0.2, 0) is 10.9 Å². The van der Waals surface area contributed by atoms with E-state index in [1.165, 1.54) is 0 Å². The average Bonchev–Trinajstić information content (AvgIpc) is 3.04. The number of aliphatic imine (C=N–C) groups is 1. The van der Waals surface area contributed by atoms with Crippen molar-refractivity contribution in [1.82, 2.24) is 15.6 Å². The molecule has 0 bridgehead atoms. The van der Waals surface area contributed by atoms with Crippen molar-refractivity contribution in [3.8, 4) is 0 Å². The standard InChI is InChI=1S/C17H23ClF3N5O/c1-16(9-27-10-16)8-24-15(22-2)25-12-3-4-26(7-12)14-13(18)5-11(6-23-14)17(19,20)21/h5-6,12H,3-4,7-10H2,1-2H3,(H2,22,24,25). The van der Waals surface area contributed by atoms with Gasteiger partial charge in [-0.3, -0.25) is 4.99 Å². The Morgan fingerprint density at radius 2 is 2.22 bits per heavy atom. The number of hydrogen-bond donors (Lipinski definition) is 2. The van der Waals surface area contributed by atoms with E-state index >= 15 is 0 Å². The molecule has 1 atom stereocenters. The van der Waals surface area contributed by atoms with Crippen molar-refractivity contribution in [1.29, 1.82) is 0 Å². The molecule has 2 aliphatic rings. The molecular formula is C17H23ClF3N5O. The number of nitrogens with zero attached hydrogens (tertiary/aromatic N) is 3. The number of guanidine groups is 1. The Balaban J connectivity index is 1.56. The van der Waals surface area contributed by atoms with Gasteiger partial charge in [-0.25, -0.2) is 4.98 Å². The van der Waals surface area contributed by atoms with Crippen LogP contribution in [0.4, 0.5) is 19.0 Å². The van der Waals surface area contributed by atoms with Crippen molar-refractivity contribution in [2.75, 3.05) is 44.8 Å². The van der Waals surface area contributed by atoms with E-state index in [1.54, 1.807) is 7.05 Å². The van der Waals surface area contributed by atoms with E-state index in [-0.39, 0.29) is 16.5 Å². The maximum Gasteiger partial charge on any atom is 0.417 e. The summed E-state index contributed by atoms with van der Waals surface area (Å²) in [6.07, 6.45) is -2.82. The van der Waals surface area contributed by atoms with Crippen LogP contribution in [0.1, 0.15) is 18.9 Å². The highest BCUT2D eigenvalue weighted by molar-refractivity contribution is 6.33. The third-order valence-corrected chi connectivity index (χ3v) is 5.06. The first kappa shape index (κ1) is 20.0. The minimum absolute atomic E-state index is 0.00545. The van der Waals surface area contributed by atoms with E-state index in [2.05, 4.69) is 27.5 Å². The maximum absolute atomic E-state index is 12.8. The number of hydrogen-bond acceptors (Lipinski definition) is 4. The summed E-state index contributed by atoms with van der Waals surface area (Å²) >= 11 is 6.05. The van der Waals surface area contributed by atoms with Gasteiger partial charge in [0.15, 0.2) is 5.96 Å². The second kappa shape index (κ2) is 7.71. The lowest BCUT2D eigenvalue weighted by Crippen LogP contribution is -2.52. The lowest BCUT2D eigenvalue weighted by Gasteiger charge is -2.38. The van der Waals surface area contributed by atoms with E-state index in [0.717, 1.165) is 38.4 Å². The van der Waals surface area contributed by atoms with E-state index in [9.17, 15) is 13.2 Å². The Hall–Kier alpha value is -1.74. The van der Waals surface area contributed by atoms with Crippen LogP contribution in [0, 0.1) is 5.41 Å². The highest BCUT2D eigenvalue weighted by Crippen LogP contribution is 2.34. The molecule has 2 fully saturated rings. The summed E-state index contributed by atoms with van der Waals surface area (Å²) in [7, 11) is 1.70. The first-order valence-electron chi connectivity index (χ1n) is 8.73. The fraction of sp³-hybridized carbons (Fsp3) is 0.647. The molecule has 2 saturated heterocycles. The van der Waals surface area contributed by atoms with Crippen molar-refractivity contribution in [3.05, 3.63) is 22.8 Å². The molecule has 2 N–H and O–H groups in total. The van der Waals surface area contributed by atoms with Gasteiger partial charge < -0.3 is 20.3 Å². The molecule has 2 aliphatic heterocycles. The maximum atomic E-state index is 12.8. The minimum atomic E-state index is -4.45. The summed E-state index contributed by atoms with van der Waals surface area (Å²) < 4.78 is 43.5. The van der Waals surface area contributed by atoms with Crippen LogP contribution in [-0.4, -0.2) is 56.9 Å². The molecule has 1 aromatic heterocycles. The number of aromatic nitrogens is 1. The molecule has 0 aromatic carbocycles. The summed E-state index contributed by atoms with van der Waals surface area (Å²) in [5.74, 6) is 1.07. The van der Waals surface area contributed by atoms with Gasteiger partial charge in [-0.2, -0.15) is 13.2 Å². The molecule has 27 heavy (non-hydrogen) atoms. The molecule has 0 radical (unpaired) electrons. The number of pyridine rings is 1. The molecule has 3 heterocycles. The van der Waals surface area contributed by atoms with Gasteiger partial charge in [0.05, 0.1) is 23.8 Å². The van der Waals surface area contributed by atoms with Gasteiger partial charge in [0.25, 0.3) is 0 Å². The molecule has 0 saturated carbocycles. The van der Waals surface area contributed by atoms with E-state index in [0.29, 0.717) is 24.9 Å². The number of halogens is 4. The minimum Gasteiger partial charge on any atom is -0.380 e. The summed E-state index contributed by atoms with van der Waals surface area (Å²) in [4.78, 5) is 10.1. The molecular weight excluding hydrogens is 383 g/mol. The summed E-state index contributed by atoms with van der Waals surface area (Å²) in [6, 6.07) is 1.02. The van der Waals surface area contributed by atoms with Gasteiger partial charge in [-0.05, 0) is 12.5 Å². The van der Waals surface area contributed by atoms with Gasteiger partial charge in [0.2, 0.25) is 0 Å². The predicted molar refractivity (Wildman–Crippen MR) is 98.3 cm³/mol. The molecule has 0 aliphatic carbocycles. The molecule has 3 rings (SSSR count). The lowest BCUT2D eigenvalue weighted by molar-refractivity contribution is -0.137. The van der Waals surface area contributed by atoms with Gasteiger partial charge in [0.1, 0.15) is 5.82 Å². The fourth-order valence-electron chi connectivity index (χ4n) is 3.13. The normalized spacial score (nSPS) is 22.5. The Bertz CT molecular complexity index is 708. The molecule has 1 aromatic rings. The van der Waals surface area contributed by atoms with Crippen LogP contribution in [0.3, 0.4) is 0 Å². The van der Waals surface area contributed by atoms with E-state index < -0.39 is 11.7 Å². The van der Waals surface area contributed by atoms with Crippen LogP contribution in [0.15, 0.2) is 17.3 Å². The Morgan fingerprint density at radius 3 is 2.78 bits per heavy atom. The van der Waals surface area contributed by atoms with E-state index in [4.69, 9.17) is 16.3 Å². The molecule has 0 amide bonds. The molecule has 6 nitrogen and oxygen atoms in total. The van der Waals surface area contributed by atoms with Gasteiger partial charge in [-0.15, -0.1) is 0 Å². The van der Waals surface area contributed by atoms with Crippen molar-refractivity contribution < 1.29 is 17.9 Å². The van der Waals surface area contributed by atoms with Crippen molar-refractivity contribution in [3.63, 3.8) is 0 Å². The van der Waals surface area contributed by atoms with Gasteiger partial charge >= 0.3 is 6.18 Å². The number of nitrogens with one attached hydrogen (secondary N) is 2. The van der Waals surface area contributed by atoms with Crippen molar-refractivity contribution >= 4 is 23.4 Å². The highest BCUT2D eigenvalue weighted by Gasteiger charge is 2.34. The van der Waals surface area contributed by atoms with Gasteiger partial charge in [-0.1, -0.05) is 18.5 Å². The van der Waals surface area contributed by atoms with Crippen molar-refractivity contribution in [2.45, 2.75) is 25.6 Å². The third-order valence-electron chi connectivity index (χ3n) is 4.78.